The van der Waals surface area contributed by atoms with Crippen LogP contribution in [0.25, 0.3) is 0 Å². The summed E-state index contributed by atoms with van der Waals surface area (Å²) in [6.07, 6.45) is 0.693. The van der Waals surface area contributed by atoms with Gasteiger partial charge in [0.15, 0.2) is 0 Å². The lowest BCUT2D eigenvalue weighted by Crippen LogP contribution is -2.41. The monoisotopic (exact) mass is 358 g/mol. The smallest absolute Gasteiger partial charge is 0.323 e. The van der Waals surface area contributed by atoms with E-state index in [9.17, 15) is 9.59 Å². The third kappa shape index (κ3) is 4.83. The highest BCUT2D eigenvalue weighted by molar-refractivity contribution is 6.35. The zero-order valence-electron chi connectivity index (χ0n) is 13.1. The van der Waals surface area contributed by atoms with E-state index in [2.05, 4.69) is 0 Å². The maximum Gasteiger partial charge on any atom is 0.323 e. The normalized spacial score (nSPS) is 19.7. The largest absolute Gasteiger partial charge is 0.480 e. The van der Waals surface area contributed by atoms with E-state index in [1.165, 1.54) is 4.90 Å². The average molecular weight is 359 g/mol. The van der Waals surface area contributed by atoms with E-state index in [1.54, 1.807) is 12.1 Å². The standard InChI is InChI=1S/C16H20Cl2N2O3/c1-19(2)5-6-20(9-15(21)22)16(23)13-8-12(13)11-4-3-10(17)7-14(11)18/h3-4,7,12-13H,5-6,8-9H2,1-2H3,(H,21,22)/t12-,13+/m0/s1. The van der Waals surface area contributed by atoms with Crippen molar-refractivity contribution in [2.45, 2.75) is 12.3 Å². The van der Waals surface area contributed by atoms with Crippen LogP contribution in [0.1, 0.15) is 17.9 Å². The highest BCUT2D eigenvalue weighted by Crippen LogP contribution is 2.50. The lowest BCUT2D eigenvalue weighted by atomic mass is 10.1. The van der Waals surface area contributed by atoms with Gasteiger partial charge in [-0.25, -0.2) is 0 Å². The number of nitrogens with zero attached hydrogens (tertiary/aromatic N) is 2. The number of hydrogen-bond acceptors (Lipinski definition) is 3. The summed E-state index contributed by atoms with van der Waals surface area (Å²) in [5, 5.41) is 10.1. The summed E-state index contributed by atoms with van der Waals surface area (Å²) < 4.78 is 0. The van der Waals surface area contributed by atoms with Crippen molar-refractivity contribution in [3.05, 3.63) is 33.8 Å². The van der Waals surface area contributed by atoms with Crippen LogP contribution in [0.4, 0.5) is 0 Å². The first-order chi connectivity index (χ1) is 10.8. The van der Waals surface area contributed by atoms with Crippen LogP contribution in [0.5, 0.6) is 0 Å². The van der Waals surface area contributed by atoms with Crippen LogP contribution in [0.15, 0.2) is 18.2 Å². The Hall–Kier alpha value is -1.30. The van der Waals surface area contributed by atoms with E-state index in [0.717, 1.165) is 5.56 Å². The number of halogens is 2. The molecule has 0 aliphatic heterocycles. The molecule has 0 saturated heterocycles. The Balaban J connectivity index is 2.05. The number of carboxylic acid groups (broad SMARTS) is 1. The van der Waals surface area contributed by atoms with Crippen molar-refractivity contribution in [1.29, 1.82) is 0 Å². The third-order valence-corrected chi connectivity index (χ3v) is 4.49. The van der Waals surface area contributed by atoms with Gasteiger partial charge in [0.05, 0.1) is 0 Å². The molecule has 0 heterocycles. The van der Waals surface area contributed by atoms with Crippen LogP contribution >= 0.6 is 23.2 Å². The molecule has 23 heavy (non-hydrogen) atoms. The molecule has 1 N–H and O–H groups in total. The summed E-state index contributed by atoms with van der Waals surface area (Å²) in [6, 6.07) is 5.26. The van der Waals surface area contributed by atoms with Gasteiger partial charge in [-0.2, -0.15) is 0 Å². The van der Waals surface area contributed by atoms with Crippen molar-refractivity contribution in [3.8, 4) is 0 Å². The topological polar surface area (TPSA) is 60.9 Å². The number of aliphatic carboxylic acids is 1. The first-order valence-corrected chi connectivity index (χ1v) is 8.15. The highest BCUT2D eigenvalue weighted by atomic mass is 35.5. The highest BCUT2D eigenvalue weighted by Gasteiger charge is 2.46. The van der Waals surface area contributed by atoms with Crippen LogP contribution in [-0.4, -0.2) is 60.5 Å². The van der Waals surface area contributed by atoms with Crippen molar-refractivity contribution in [2.75, 3.05) is 33.7 Å². The molecule has 1 amide bonds. The Labute approximate surface area is 145 Å². The fraction of sp³-hybridized carbons (Fsp3) is 0.500. The number of carboxylic acids is 1. The van der Waals surface area contributed by atoms with E-state index in [0.29, 0.717) is 29.6 Å². The van der Waals surface area contributed by atoms with E-state index in [-0.39, 0.29) is 24.3 Å². The zero-order valence-corrected chi connectivity index (χ0v) is 14.6. The molecule has 0 bridgehead atoms. The second kappa shape index (κ2) is 7.51. The summed E-state index contributed by atoms with van der Waals surface area (Å²) in [5.74, 6) is -1.28. The van der Waals surface area contributed by atoms with Crippen LogP contribution in [-0.2, 0) is 9.59 Å². The number of benzene rings is 1. The number of carbonyl (C=O) groups excluding carboxylic acids is 1. The molecule has 126 valence electrons. The van der Waals surface area contributed by atoms with Crippen LogP contribution in [0.2, 0.25) is 10.0 Å². The van der Waals surface area contributed by atoms with Crippen molar-refractivity contribution >= 4 is 35.1 Å². The first kappa shape index (κ1) is 18.0. The third-order valence-electron chi connectivity index (χ3n) is 3.92. The Kier molecular flexibility index (Phi) is 5.89. The number of rotatable bonds is 7. The molecule has 0 unspecified atom stereocenters. The summed E-state index contributed by atoms with van der Waals surface area (Å²) in [7, 11) is 3.77. The van der Waals surface area contributed by atoms with E-state index >= 15 is 0 Å². The molecule has 1 aromatic carbocycles. The summed E-state index contributed by atoms with van der Waals surface area (Å²) in [6.45, 7) is 0.748. The summed E-state index contributed by atoms with van der Waals surface area (Å²) >= 11 is 12.1. The molecule has 1 fully saturated rings. The van der Waals surface area contributed by atoms with Crippen LogP contribution in [0, 0.1) is 5.92 Å². The Morgan fingerprint density at radius 2 is 1.96 bits per heavy atom. The predicted molar refractivity (Wildman–Crippen MR) is 90.1 cm³/mol. The van der Waals surface area contributed by atoms with Gasteiger partial charge in [-0.1, -0.05) is 29.3 Å². The quantitative estimate of drug-likeness (QED) is 0.813. The van der Waals surface area contributed by atoms with Crippen molar-refractivity contribution < 1.29 is 14.7 Å². The minimum absolute atomic E-state index is 0.0444. The van der Waals surface area contributed by atoms with Crippen LogP contribution in [0.3, 0.4) is 0 Å². The fourth-order valence-corrected chi connectivity index (χ4v) is 3.15. The molecule has 1 aliphatic rings. The molecule has 2 atom stereocenters. The molecule has 0 spiro atoms. The predicted octanol–water partition coefficient (Wildman–Crippen LogP) is 2.57. The molecule has 7 heteroatoms. The number of likely N-dealkylation sites (N-methyl/N-ethyl adjacent to an activating group) is 1. The summed E-state index contributed by atoms with van der Waals surface area (Å²) in [5.41, 5.74) is 0.900. The van der Waals surface area contributed by atoms with Gasteiger partial charge in [-0.3, -0.25) is 9.59 Å². The molecule has 0 aromatic heterocycles. The first-order valence-electron chi connectivity index (χ1n) is 7.40. The van der Waals surface area contributed by atoms with E-state index in [1.807, 2.05) is 25.1 Å². The maximum absolute atomic E-state index is 12.6. The molecule has 0 radical (unpaired) electrons. The summed E-state index contributed by atoms with van der Waals surface area (Å²) in [4.78, 5) is 26.9. The van der Waals surface area contributed by atoms with Gasteiger partial charge < -0.3 is 14.9 Å². The molecule has 1 aliphatic carbocycles. The fourth-order valence-electron chi connectivity index (χ4n) is 2.60. The van der Waals surface area contributed by atoms with Gasteiger partial charge in [0, 0.05) is 29.1 Å². The molecular weight excluding hydrogens is 339 g/mol. The van der Waals surface area contributed by atoms with E-state index in [4.69, 9.17) is 28.3 Å². The van der Waals surface area contributed by atoms with Crippen molar-refractivity contribution in [2.24, 2.45) is 5.92 Å². The molecular formula is C16H20Cl2N2O3. The lowest BCUT2D eigenvalue weighted by Gasteiger charge is -2.23. The van der Waals surface area contributed by atoms with Gasteiger partial charge >= 0.3 is 5.97 Å². The average Bonchev–Trinajstić information content (AvgIpc) is 3.22. The van der Waals surface area contributed by atoms with Gasteiger partial charge in [-0.05, 0) is 44.1 Å². The van der Waals surface area contributed by atoms with Crippen molar-refractivity contribution in [3.63, 3.8) is 0 Å². The second-order valence-electron chi connectivity index (χ2n) is 6.07. The Morgan fingerprint density at radius 1 is 1.26 bits per heavy atom. The molecule has 1 aromatic rings. The second-order valence-corrected chi connectivity index (χ2v) is 6.91. The van der Waals surface area contributed by atoms with E-state index < -0.39 is 5.97 Å². The number of carbonyl (C=O) groups is 2. The minimum Gasteiger partial charge on any atom is -0.480 e. The Bertz CT molecular complexity index is 607. The van der Waals surface area contributed by atoms with Crippen molar-refractivity contribution in [1.82, 2.24) is 9.80 Å². The zero-order chi connectivity index (χ0) is 17.1. The molecule has 1 saturated carbocycles. The van der Waals surface area contributed by atoms with Crippen LogP contribution < -0.4 is 0 Å². The van der Waals surface area contributed by atoms with Gasteiger partial charge in [0.25, 0.3) is 0 Å². The van der Waals surface area contributed by atoms with Gasteiger partial charge in [0.2, 0.25) is 5.91 Å². The van der Waals surface area contributed by atoms with Gasteiger partial charge in [-0.15, -0.1) is 0 Å². The SMILES string of the molecule is CN(C)CCN(CC(=O)O)C(=O)[C@@H]1C[C@H]1c1ccc(Cl)cc1Cl. The molecule has 5 nitrogen and oxygen atoms in total. The lowest BCUT2D eigenvalue weighted by molar-refractivity contribution is -0.145. The number of hydrogen-bond donors (Lipinski definition) is 1. The number of amides is 1. The maximum atomic E-state index is 12.6. The van der Waals surface area contributed by atoms with Gasteiger partial charge in [0.1, 0.15) is 6.54 Å². The Morgan fingerprint density at radius 3 is 2.52 bits per heavy atom. The minimum atomic E-state index is -1.00. The molecule has 2 rings (SSSR count).